The van der Waals surface area contributed by atoms with Gasteiger partial charge in [-0.25, -0.2) is 4.79 Å². The van der Waals surface area contributed by atoms with Crippen LogP contribution in [0.5, 0.6) is 17.2 Å². The molecule has 2 aromatic carbocycles. The summed E-state index contributed by atoms with van der Waals surface area (Å²) in [6, 6.07) is 11.4. The molecular formula is C22H23NO6. The molecule has 0 aliphatic carbocycles. The lowest BCUT2D eigenvalue weighted by molar-refractivity contribution is -0.136. The maximum atomic E-state index is 12.7. The highest BCUT2D eigenvalue weighted by molar-refractivity contribution is 5.97. The van der Waals surface area contributed by atoms with Gasteiger partial charge in [0, 0.05) is 24.2 Å². The van der Waals surface area contributed by atoms with Crippen molar-refractivity contribution in [1.29, 1.82) is 0 Å². The zero-order valence-electron chi connectivity index (χ0n) is 16.6. The number of esters is 1. The van der Waals surface area contributed by atoms with Crippen molar-refractivity contribution in [3.63, 3.8) is 0 Å². The first-order valence-electron chi connectivity index (χ1n) is 9.31. The molecule has 2 heterocycles. The molecule has 0 bridgehead atoms. The predicted molar refractivity (Wildman–Crippen MR) is 107 cm³/mol. The number of hydrogen-bond acceptors (Lipinski definition) is 7. The highest BCUT2D eigenvalue weighted by atomic mass is 16.5. The van der Waals surface area contributed by atoms with E-state index in [1.165, 1.54) is 0 Å². The lowest BCUT2D eigenvalue weighted by atomic mass is 9.80. The van der Waals surface area contributed by atoms with E-state index in [0.717, 1.165) is 22.5 Å². The van der Waals surface area contributed by atoms with E-state index in [9.17, 15) is 9.90 Å². The molecule has 2 aliphatic rings. The van der Waals surface area contributed by atoms with E-state index in [2.05, 4.69) is 0 Å². The van der Waals surface area contributed by atoms with Crippen molar-refractivity contribution in [2.45, 2.75) is 5.92 Å². The Labute approximate surface area is 169 Å². The topological polar surface area (TPSA) is 77.5 Å². The van der Waals surface area contributed by atoms with Crippen LogP contribution in [0.1, 0.15) is 17.0 Å². The maximum absolute atomic E-state index is 12.7. The van der Waals surface area contributed by atoms with E-state index < -0.39 is 0 Å². The van der Waals surface area contributed by atoms with E-state index in [-0.39, 0.29) is 25.1 Å². The molecule has 2 aromatic rings. The summed E-state index contributed by atoms with van der Waals surface area (Å²) in [5, 5.41) is 9.61. The Bertz CT molecular complexity index is 983. The van der Waals surface area contributed by atoms with Gasteiger partial charge in [-0.3, -0.25) is 0 Å². The third-order valence-corrected chi connectivity index (χ3v) is 5.39. The predicted octanol–water partition coefficient (Wildman–Crippen LogP) is 2.47. The second-order valence-corrected chi connectivity index (χ2v) is 6.78. The molecule has 0 radical (unpaired) electrons. The summed E-state index contributed by atoms with van der Waals surface area (Å²) in [4.78, 5) is 14.6. The number of carbonyl (C=O) groups is 1. The molecule has 7 nitrogen and oxygen atoms in total. The van der Waals surface area contributed by atoms with Crippen LogP contribution in [-0.2, 0) is 9.53 Å². The lowest BCUT2D eigenvalue weighted by Crippen LogP contribution is -2.33. The van der Waals surface area contributed by atoms with Crippen LogP contribution in [0, 0.1) is 0 Å². The number of methoxy groups -OCH3 is 3. The van der Waals surface area contributed by atoms with Gasteiger partial charge in [0.15, 0.2) is 11.5 Å². The van der Waals surface area contributed by atoms with Crippen molar-refractivity contribution >= 4 is 11.7 Å². The van der Waals surface area contributed by atoms with Crippen molar-refractivity contribution in [3.05, 3.63) is 58.8 Å². The Hall–Kier alpha value is -3.19. The van der Waals surface area contributed by atoms with E-state index in [1.807, 2.05) is 41.3 Å². The van der Waals surface area contributed by atoms with Gasteiger partial charge in [0.25, 0.3) is 0 Å². The standard InChI is InChI=1S/C22H23NO6/c1-26-14-5-6-15-16(11-14)23(8-9-24)17-12-29-22(25)21(17)20(15)13-4-7-18(27-2)19(10-13)28-3/h4-7,10-11,20,24H,8-9,12H2,1-3H3. The largest absolute Gasteiger partial charge is 0.497 e. The number of hydrogen-bond donors (Lipinski definition) is 1. The third kappa shape index (κ3) is 3.07. The monoisotopic (exact) mass is 397 g/mol. The molecular weight excluding hydrogens is 374 g/mol. The zero-order valence-corrected chi connectivity index (χ0v) is 16.6. The second kappa shape index (κ2) is 7.67. The van der Waals surface area contributed by atoms with Gasteiger partial charge >= 0.3 is 5.97 Å². The average Bonchev–Trinajstić information content (AvgIpc) is 3.14. The highest BCUT2D eigenvalue weighted by Crippen LogP contribution is 2.49. The molecule has 1 unspecified atom stereocenters. The van der Waals surface area contributed by atoms with E-state index in [0.29, 0.717) is 29.4 Å². The normalized spacial score (nSPS) is 17.6. The van der Waals surface area contributed by atoms with Crippen LogP contribution in [0.2, 0.25) is 0 Å². The average molecular weight is 397 g/mol. The summed E-state index contributed by atoms with van der Waals surface area (Å²) >= 11 is 0. The molecule has 29 heavy (non-hydrogen) atoms. The Morgan fingerprint density at radius 1 is 1.07 bits per heavy atom. The molecule has 7 heteroatoms. The smallest absolute Gasteiger partial charge is 0.337 e. The zero-order chi connectivity index (χ0) is 20.5. The lowest BCUT2D eigenvalue weighted by Gasteiger charge is -2.35. The fourth-order valence-corrected chi connectivity index (χ4v) is 4.08. The number of cyclic esters (lactones) is 1. The number of anilines is 1. The van der Waals surface area contributed by atoms with Crippen LogP contribution in [0.15, 0.2) is 47.7 Å². The van der Waals surface area contributed by atoms with Crippen LogP contribution in [-0.4, -0.2) is 52.2 Å². The fraction of sp³-hybridized carbons (Fsp3) is 0.318. The van der Waals surface area contributed by atoms with Gasteiger partial charge in [0.1, 0.15) is 12.4 Å². The molecule has 0 amide bonds. The van der Waals surface area contributed by atoms with Crippen molar-refractivity contribution < 1.29 is 28.8 Å². The first-order chi connectivity index (χ1) is 14.1. The molecule has 4 rings (SSSR count). The van der Waals surface area contributed by atoms with E-state index >= 15 is 0 Å². The van der Waals surface area contributed by atoms with Gasteiger partial charge in [-0.2, -0.15) is 0 Å². The minimum absolute atomic E-state index is 0.0529. The molecule has 1 N–H and O–H groups in total. The third-order valence-electron chi connectivity index (χ3n) is 5.39. The summed E-state index contributed by atoms with van der Waals surface area (Å²) in [5.41, 5.74) is 4.07. The van der Waals surface area contributed by atoms with Gasteiger partial charge in [-0.1, -0.05) is 12.1 Å². The number of aliphatic hydroxyl groups is 1. The van der Waals surface area contributed by atoms with Crippen LogP contribution in [0.4, 0.5) is 5.69 Å². The van der Waals surface area contributed by atoms with Crippen LogP contribution in [0.25, 0.3) is 0 Å². The summed E-state index contributed by atoms with van der Waals surface area (Å²) in [6.07, 6.45) is 0. The quantitative estimate of drug-likeness (QED) is 0.751. The first kappa shape index (κ1) is 19.1. The van der Waals surface area contributed by atoms with Crippen LogP contribution in [0.3, 0.4) is 0 Å². The minimum Gasteiger partial charge on any atom is -0.497 e. The van der Waals surface area contributed by atoms with Gasteiger partial charge in [0.05, 0.1) is 39.2 Å². The van der Waals surface area contributed by atoms with Crippen molar-refractivity contribution in [3.8, 4) is 17.2 Å². The fourth-order valence-electron chi connectivity index (χ4n) is 4.08. The van der Waals surface area contributed by atoms with Gasteiger partial charge in [-0.15, -0.1) is 0 Å². The Morgan fingerprint density at radius 3 is 2.55 bits per heavy atom. The molecule has 0 aromatic heterocycles. The van der Waals surface area contributed by atoms with E-state index in [1.54, 1.807) is 21.3 Å². The van der Waals surface area contributed by atoms with Gasteiger partial charge in [0.2, 0.25) is 0 Å². The number of β-amino-alcohol motifs (C(OH)–C–C–N with tert-alkyl or cyclic N) is 1. The summed E-state index contributed by atoms with van der Waals surface area (Å²) in [6.45, 7) is 0.478. The Kier molecular flexibility index (Phi) is 5.07. The summed E-state index contributed by atoms with van der Waals surface area (Å²) in [7, 11) is 4.78. The highest BCUT2D eigenvalue weighted by Gasteiger charge is 2.42. The number of aliphatic hydroxyl groups excluding tert-OH is 1. The number of nitrogens with zero attached hydrogens (tertiary/aromatic N) is 1. The molecule has 0 saturated heterocycles. The Morgan fingerprint density at radius 2 is 1.86 bits per heavy atom. The SMILES string of the molecule is COc1ccc2c(c1)N(CCO)C1=C(C(=O)OC1)C2c1ccc(OC)c(OC)c1. The van der Waals surface area contributed by atoms with Crippen LogP contribution < -0.4 is 19.1 Å². The molecule has 1 atom stereocenters. The van der Waals surface area contributed by atoms with Gasteiger partial charge in [-0.05, 0) is 29.3 Å². The minimum atomic E-state index is -0.343. The molecule has 0 spiro atoms. The summed E-state index contributed by atoms with van der Waals surface area (Å²) in [5.74, 6) is 1.24. The number of carbonyl (C=O) groups excluding carboxylic acids is 1. The molecule has 152 valence electrons. The molecule has 0 fully saturated rings. The summed E-state index contributed by atoms with van der Waals surface area (Å²) < 4.78 is 21.6. The van der Waals surface area contributed by atoms with Crippen molar-refractivity contribution in [1.82, 2.24) is 0 Å². The second-order valence-electron chi connectivity index (χ2n) is 6.78. The molecule has 2 aliphatic heterocycles. The van der Waals surface area contributed by atoms with Crippen LogP contribution >= 0.6 is 0 Å². The Balaban J connectivity index is 1.94. The maximum Gasteiger partial charge on any atom is 0.337 e. The first-order valence-corrected chi connectivity index (χ1v) is 9.31. The number of rotatable bonds is 6. The van der Waals surface area contributed by atoms with Crippen molar-refractivity contribution in [2.24, 2.45) is 0 Å². The molecule has 0 saturated carbocycles. The van der Waals surface area contributed by atoms with E-state index in [4.69, 9.17) is 18.9 Å². The van der Waals surface area contributed by atoms with Gasteiger partial charge < -0.3 is 29.0 Å². The number of fused-ring (bicyclic) bond motifs is 1. The number of benzene rings is 2. The number of ether oxygens (including phenoxy) is 4. The van der Waals surface area contributed by atoms with Crippen molar-refractivity contribution in [2.75, 3.05) is 46.0 Å².